The first-order chi connectivity index (χ1) is 11.5. The summed E-state index contributed by atoms with van der Waals surface area (Å²) in [5.74, 6) is 0.124. The second-order valence-corrected chi connectivity index (χ2v) is 5.58. The largest absolute Gasteiger partial charge is 0.497 e. The normalized spacial score (nSPS) is 10.1. The second-order valence-electron chi connectivity index (χ2n) is 5.17. The molecule has 6 heteroatoms. The number of methoxy groups -OCH3 is 1. The average molecular weight is 347 g/mol. The van der Waals surface area contributed by atoms with E-state index < -0.39 is 0 Å². The minimum atomic E-state index is -0.270. The molecule has 0 fully saturated rings. The molecule has 2 aromatic carbocycles. The van der Waals surface area contributed by atoms with Gasteiger partial charge in [-0.15, -0.1) is 0 Å². The van der Waals surface area contributed by atoms with Gasteiger partial charge in [-0.05, 0) is 23.8 Å². The fraction of sp³-hybridized carbons (Fsp3) is 0.222. The molecule has 0 radical (unpaired) electrons. The minimum absolute atomic E-state index is 0.0764. The Morgan fingerprint density at radius 3 is 2.58 bits per heavy atom. The van der Waals surface area contributed by atoms with Crippen LogP contribution in [-0.4, -0.2) is 25.5 Å². The topological polar surface area (TPSA) is 58.6 Å². The highest BCUT2D eigenvalue weighted by Gasteiger charge is 2.16. The molecule has 0 spiro atoms. The summed E-state index contributed by atoms with van der Waals surface area (Å²) in [6, 6.07) is 14.3. The van der Waals surface area contributed by atoms with Crippen molar-refractivity contribution in [2.75, 3.05) is 18.6 Å². The zero-order chi connectivity index (χ0) is 17.5. The number of rotatable bonds is 6. The number of nitrogens with one attached hydrogen (secondary N) is 1. The maximum atomic E-state index is 12.2. The molecule has 126 valence electrons. The van der Waals surface area contributed by atoms with Crippen LogP contribution in [0.1, 0.15) is 12.5 Å². The molecule has 0 unspecified atom stereocenters. The van der Waals surface area contributed by atoms with Gasteiger partial charge in [0.05, 0.1) is 7.11 Å². The van der Waals surface area contributed by atoms with Crippen molar-refractivity contribution >= 4 is 29.1 Å². The van der Waals surface area contributed by atoms with Crippen LogP contribution in [0.25, 0.3) is 0 Å². The molecule has 5 nitrogen and oxygen atoms in total. The average Bonchev–Trinajstić information content (AvgIpc) is 2.58. The molecule has 0 atom stereocenters. The number of carbonyl (C=O) groups excluding carboxylic acids is 2. The van der Waals surface area contributed by atoms with Crippen LogP contribution in [0.3, 0.4) is 0 Å². The van der Waals surface area contributed by atoms with Gasteiger partial charge >= 0.3 is 0 Å². The van der Waals surface area contributed by atoms with E-state index in [9.17, 15) is 9.59 Å². The lowest BCUT2D eigenvalue weighted by Crippen LogP contribution is -2.39. The monoisotopic (exact) mass is 346 g/mol. The van der Waals surface area contributed by atoms with Gasteiger partial charge in [-0.2, -0.15) is 0 Å². The lowest BCUT2D eigenvalue weighted by molar-refractivity contribution is -0.123. The summed E-state index contributed by atoms with van der Waals surface area (Å²) < 4.78 is 5.16. The van der Waals surface area contributed by atoms with Crippen LogP contribution in [-0.2, 0) is 16.1 Å². The second kappa shape index (κ2) is 8.36. The van der Waals surface area contributed by atoms with Gasteiger partial charge in [-0.1, -0.05) is 35.9 Å². The van der Waals surface area contributed by atoms with Crippen LogP contribution >= 0.6 is 11.6 Å². The fourth-order valence-electron chi connectivity index (χ4n) is 2.20. The number of halogens is 1. The van der Waals surface area contributed by atoms with E-state index in [2.05, 4.69) is 5.32 Å². The molecule has 0 aliphatic carbocycles. The highest BCUT2D eigenvalue weighted by molar-refractivity contribution is 6.31. The molecular formula is C18H19ClN2O3. The number of hydrogen-bond acceptors (Lipinski definition) is 3. The predicted octanol–water partition coefficient (Wildman–Crippen LogP) is 3.02. The first kappa shape index (κ1) is 17.8. The first-order valence-corrected chi connectivity index (χ1v) is 7.81. The molecule has 0 heterocycles. The number of hydrogen-bond donors (Lipinski definition) is 1. The molecule has 0 aliphatic heterocycles. The van der Waals surface area contributed by atoms with Crippen molar-refractivity contribution in [2.45, 2.75) is 13.5 Å². The fourth-order valence-corrected chi connectivity index (χ4v) is 2.40. The van der Waals surface area contributed by atoms with Crippen molar-refractivity contribution < 1.29 is 14.3 Å². The first-order valence-electron chi connectivity index (χ1n) is 7.43. The Bertz CT molecular complexity index is 734. The Balaban J connectivity index is 2.03. The summed E-state index contributed by atoms with van der Waals surface area (Å²) >= 11 is 6.06. The molecular weight excluding hydrogens is 328 g/mol. The summed E-state index contributed by atoms with van der Waals surface area (Å²) in [5, 5.41) is 3.37. The van der Waals surface area contributed by atoms with Gasteiger partial charge in [-0.25, -0.2) is 0 Å². The Morgan fingerprint density at radius 2 is 1.92 bits per heavy atom. The Hall–Kier alpha value is -2.53. The molecule has 1 N–H and O–H groups in total. The highest BCUT2D eigenvalue weighted by Crippen LogP contribution is 2.21. The standard InChI is InChI=1S/C18H19ClN2O3/c1-13(22)21(15-7-5-8-16(10-15)24-2)12-18(23)20-11-14-6-3-4-9-17(14)19/h3-10H,11-12H2,1-2H3,(H,20,23). The number of carbonyl (C=O) groups is 2. The molecule has 0 saturated carbocycles. The molecule has 0 aliphatic rings. The van der Waals surface area contributed by atoms with E-state index in [1.54, 1.807) is 37.4 Å². The van der Waals surface area contributed by atoms with Gasteiger partial charge in [0, 0.05) is 30.2 Å². The van der Waals surface area contributed by atoms with E-state index in [0.29, 0.717) is 23.0 Å². The van der Waals surface area contributed by atoms with E-state index in [1.165, 1.54) is 11.8 Å². The van der Waals surface area contributed by atoms with E-state index in [0.717, 1.165) is 5.56 Å². The van der Waals surface area contributed by atoms with Crippen LogP contribution in [0.4, 0.5) is 5.69 Å². The van der Waals surface area contributed by atoms with E-state index in [1.807, 2.05) is 18.2 Å². The highest BCUT2D eigenvalue weighted by atomic mass is 35.5. The van der Waals surface area contributed by atoms with Crippen LogP contribution in [0.5, 0.6) is 5.75 Å². The molecule has 2 rings (SSSR count). The SMILES string of the molecule is COc1cccc(N(CC(=O)NCc2ccccc2Cl)C(C)=O)c1. The van der Waals surface area contributed by atoms with Gasteiger partial charge in [0.1, 0.15) is 12.3 Å². The summed E-state index contributed by atoms with van der Waals surface area (Å²) in [6.45, 7) is 1.65. The third kappa shape index (κ3) is 4.73. The van der Waals surface area contributed by atoms with Crippen molar-refractivity contribution in [3.63, 3.8) is 0 Å². The smallest absolute Gasteiger partial charge is 0.240 e. The molecule has 2 amide bonds. The predicted molar refractivity (Wildman–Crippen MR) is 94.3 cm³/mol. The quantitative estimate of drug-likeness (QED) is 0.874. The zero-order valence-corrected chi connectivity index (χ0v) is 14.3. The minimum Gasteiger partial charge on any atom is -0.497 e. The number of amides is 2. The summed E-state index contributed by atoms with van der Waals surface area (Å²) in [4.78, 5) is 25.5. The van der Waals surface area contributed by atoms with Crippen molar-refractivity contribution in [1.29, 1.82) is 0 Å². The van der Waals surface area contributed by atoms with Crippen molar-refractivity contribution in [3.05, 3.63) is 59.1 Å². The molecule has 0 bridgehead atoms. The number of nitrogens with zero attached hydrogens (tertiary/aromatic N) is 1. The summed E-state index contributed by atoms with van der Waals surface area (Å²) in [6.07, 6.45) is 0. The molecule has 0 aromatic heterocycles. The van der Waals surface area contributed by atoms with Crippen LogP contribution in [0.15, 0.2) is 48.5 Å². The van der Waals surface area contributed by atoms with Crippen molar-refractivity contribution in [1.82, 2.24) is 5.32 Å². The van der Waals surface area contributed by atoms with Gasteiger partial charge in [0.25, 0.3) is 0 Å². The van der Waals surface area contributed by atoms with Crippen molar-refractivity contribution in [2.24, 2.45) is 0 Å². The number of ether oxygens (including phenoxy) is 1. The molecule has 24 heavy (non-hydrogen) atoms. The van der Waals surface area contributed by atoms with Gasteiger partial charge in [0.2, 0.25) is 11.8 Å². The molecule has 0 saturated heterocycles. The number of anilines is 1. The van der Waals surface area contributed by atoms with Gasteiger partial charge in [-0.3, -0.25) is 9.59 Å². The summed E-state index contributed by atoms with van der Waals surface area (Å²) in [5.41, 5.74) is 1.43. The maximum absolute atomic E-state index is 12.2. The maximum Gasteiger partial charge on any atom is 0.240 e. The van der Waals surface area contributed by atoms with E-state index in [4.69, 9.17) is 16.3 Å². The summed E-state index contributed by atoms with van der Waals surface area (Å²) in [7, 11) is 1.55. The third-order valence-corrected chi connectivity index (χ3v) is 3.85. The third-order valence-electron chi connectivity index (χ3n) is 3.48. The lowest BCUT2D eigenvalue weighted by Gasteiger charge is -2.21. The Kier molecular flexibility index (Phi) is 6.21. The Labute approximate surface area is 146 Å². The molecule has 2 aromatic rings. The van der Waals surface area contributed by atoms with Gasteiger partial charge in [0.15, 0.2) is 0 Å². The van der Waals surface area contributed by atoms with E-state index in [-0.39, 0.29) is 18.4 Å². The lowest BCUT2D eigenvalue weighted by atomic mass is 10.2. The number of benzene rings is 2. The zero-order valence-electron chi connectivity index (χ0n) is 13.6. The van der Waals surface area contributed by atoms with Crippen LogP contribution in [0, 0.1) is 0 Å². The van der Waals surface area contributed by atoms with E-state index >= 15 is 0 Å². The van der Waals surface area contributed by atoms with Crippen LogP contribution < -0.4 is 15.0 Å². The van der Waals surface area contributed by atoms with Crippen molar-refractivity contribution in [3.8, 4) is 5.75 Å². The van der Waals surface area contributed by atoms with Crippen LogP contribution in [0.2, 0.25) is 5.02 Å². The Morgan fingerprint density at radius 1 is 1.17 bits per heavy atom. The van der Waals surface area contributed by atoms with Gasteiger partial charge < -0.3 is 15.0 Å².